The smallest absolute Gasteiger partial charge is 0.319 e. The van der Waals surface area contributed by atoms with Crippen LogP contribution in [0.15, 0.2) is 24.4 Å². The third-order valence-corrected chi connectivity index (χ3v) is 4.27. The van der Waals surface area contributed by atoms with Gasteiger partial charge in [0.15, 0.2) is 0 Å². The third-order valence-electron chi connectivity index (χ3n) is 4.27. The fourth-order valence-electron chi connectivity index (χ4n) is 3.03. The van der Waals surface area contributed by atoms with Crippen molar-refractivity contribution in [3.05, 3.63) is 24.4 Å². The average molecular weight is 317 g/mol. The van der Waals surface area contributed by atoms with Crippen LogP contribution in [0.4, 0.5) is 10.5 Å². The maximum absolute atomic E-state index is 11.9. The summed E-state index contributed by atoms with van der Waals surface area (Å²) in [6, 6.07) is 5.41. The van der Waals surface area contributed by atoms with E-state index in [0.29, 0.717) is 12.5 Å². The predicted octanol–water partition coefficient (Wildman–Crippen LogP) is 1.39. The van der Waals surface area contributed by atoms with Gasteiger partial charge in [0.1, 0.15) is 0 Å². The van der Waals surface area contributed by atoms with Gasteiger partial charge in [0, 0.05) is 37.3 Å². The zero-order valence-electron chi connectivity index (χ0n) is 13.1. The highest BCUT2D eigenvalue weighted by Crippen LogP contribution is 2.17. The van der Waals surface area contributed by atoms with Crippen molar-refractivity contribution < 1.29 is 9.90 Å². The molecular formula is C16H23N5O2. The lowest BCUT2D eigenvalue weighted by molar-refractivity contribution is 0.121. The van der Waals surface area contributed by atoms with Crippen LogP contribution < -0.4 is 10.6 Å². The Kier molecular flexibility index (Phi) is 5.09. The van der Waals surface area contributed by atoms with E-state index in [2.05, 4.69) is 25.7 Å². The number of benzene rings is 1. The van der Waals surface area contributed by atoms with Gasteiger partial charge in [-0.3, -0.25) is 5.10 Å². The number of rotatable bonds is 5. The maximum Gasteiger partial charge on any atom is 0.319 e. The second kappa shape index (κ2) is 7.43. The SMILES string of the molecule is O=C(NCCN1CCC[C@H](CO)C1)Nc1ccc2[nH]ncc2c1. The summed E-state index contributed by atoms with van der Waals surface area (Å²) in [6.45, 7) is 3.61. The molecule has 7 heteroatoms. The van der Waals surface area contributed by atoms with Crippen molar-refractivity contribution in [1.29, 1.82) is 0 Å². The molecule has 2 amide bonds. The summed E-state index contributed by atoms with van der Waals surface area (Å²) in [6.07, 6.45) is 3.94. The molecule has 0 spiro atoms. The number of anilines is 1. The normalized spacial score (nSPS) is 18.9. The molecule has 1 aliphatic heterocycles. The Morgan fingerprint density at radius 2 is 2.39 bits per heavy atom. The van der Waals surface area contributed by atoms with Gasteiger partial charge in [-0.15, -0.1) is 0 Å². The van der Waals surface area contributed by atoms with Gasteiger partial charge in [-0.2, -0.15) is 5.10 Å². The molecule has 4 N–H and O–H groups in total. The summed E-state index contributed by atoms with van der Waals surface area (Å²) in [4.78, 5) is 14.2. The molecule has 2 heterocycles. The van der Waals surface area contributed by atoms with Gasteiger partial charge >= 0.3 is 6.03 Å². The van der Waals surface area contributed by atoms with Crippen LogP contribution >= 0.6 is 0 Å². The Morgan fingerprint density at radius 1 is 1.48 bits per heavy atom. The first-order valence-corrected chi connectivity index (χ1v) is 8.06. The Morgan fingerprint density at radius 3 is 3.26 bits per heavy atom. The topological polar surface area (TPSA) is 93.3 Å². The zero-order chi connectivity index (χ0) is 16.1. The minimum absolute atomic E-state index is 0.205. The molecule has 0 radical (unpaired) electrons. The Balaban J connectivity index is 1.42. The molecule has 7 nitrogen and oxygen atoms in total. The van der Waals surface area contributed by atoms with Crippen molar-refractivity contribution in [1.82, 2.24) is 20.4 Å². The number of amides is 2. The molecule has 1 aromatic carbocycles. The van der Waals surface area contributed by atoms with Crippen LogP contribution in [0.5, 0.6) is 0 Å². The van der Waals surface area contributed by atoms with Gasteiger partial charge in [0.2, 0.25) is 0 Å². The number of likely N-dealkylation sites (tertiary alicyclic amines) is 1. The molecule has 1 atom stereocenters. The number of carbonyl (C=O) groups is 1. The largest absolute Gasteiger partial charge is 0.396 e. The third kappa shape index (κ3) is 4.20. The molecule has 1 fully saturated rings. The van der Waals surface area contributed by atoms with Gasteiger partial charge < -0.3 is 20.6 Å². The fraction of sp³-hybridized carbons (Fsp3) is 0.500. The van der Waals surface area contributed by atoms with Crippen LogP contribution in [0.2, 0.25) is 0 Å². The van der Waals surface area contributed by atoms with Crippen molar-refractivity contribution in [2.75, 3.05) is 38.1 Å². The van der Waals surface area contributed by atoms with Crippen LogP contribution in [0, 0.1) is 5.92 Å². The van der Waals surface area contributed by atoms with E-state index >= 15 is 0 Å². The quantitative estimate of drug-likeness (QED) is 0.670. The number of nitrogens with one attached hydrogen (secondary N) is 3. The summed E-state index contributed by atoms with van der Waals surface area (Å²) >= 11 is 0. The summed E-state index contributed by atoms with van der Waals surface area (Å²) in [5, 5.41) is 22.7. The van der Waals surface area contributed by atoms with Crippen molar-refractivity contribution >= 4 is 22.6 Å². The number of fused-ring (bicyclic) bond motifs is 1. The van der Waals surface area contributed by atoms with Crippen LogP contribution in [0.3, 0.4) is 0 Å². The number of urea groups is 1. The molecule has 0 saturated carbocycles. The van der Waals surface area contributed by atoms with Gasteiger partial charge in [-0.25, -0.2) is 4.79 Å². The highest BCUT2D eigenvalue weighted by molar-refractivity contribution is 5.92. The van der Waals surface area contributed by atoms with Gasteiger partial charge in [0.05, 0.1) is 11.7 Å². The van der Waals surface area contributed by atoms with E-state index in [1.807, 2.05) is 18.2 Å². The standard InChI is InChI=1S/C16H23N5O2/c22-11-12-2-1-6-21(10-12)7-5-17-16(23)19-14-3-4-15-13(8-14)9-18-20-15/h3-4,8-9,12,22H,1-2,5-7,10-11H2,(H,18,20)(H2,17,19,23)/t12-/m0/s1. The molecule has 1 saturated heterocycles. The minimum atomic E-state index is -0.205. The number of aliphatic hydroxyl groups is 1. The van der Waals surface area contributed by atoms with Crippen molar-refractivity contribution in [2.45, 2.75) is 12.8 Å². The van der Waals surface area contributed by atoms with E-state index in [-0.39, 0.29) is 12.6 Å². The minimum Gasteiger partial charge on any atom is -0.396 e. The van der Waals surface area contributed by atoms with Crippen LogP contribution in [-0.2, 0) is 0 Å². The van der Waals surface area contributed by atoms with Crippen LogP contribution in [-0.4, -0.2) is 59.0 Å². The second-order valence-electron chi connectivity index (χ2n) is 6.04. The zero-order valence-corrected chi connectivity index (χ0v) is 13.1. The molecule has 3 rings (SSSR count). The molecule has 2 aromatic rings. The average Bonchev–Trinajstić information content (AvgIpc) is 3.02. The number of carbonyl (C=O) groups excluding carboxylic acids is 1. The van der Waals surface area contributed by atoms with Crippen molar-refractivity contribution in [2.24, 2.45) is 5.92 Å². The second-order valence-corrected chi connectivity index (χ2v) is 6.04. The number of aliphatic hydroxyl groups excluding tert-OH is 1. The Hall–Kier alpha value is -2.12. The number of aromatic amines is 1. The fourth-order valence-corrected chi connectivity index (χ4v) is 3.03. The van der Waals surface area contributed by atoms with E-state index in [4.69, 9.17) is 0 Å². The lowest BCUT2D eigenvalue weighted by atomic mass is 9.99. The molecule has 1 aromatic heterocycles. The maximum atomic E-state index is 11.9. The summed E-state index contributed by atoms with van der Waals surface area (Å²) < 4.78 is 0. The van der Waals surface area contributed by atoms with E-state index in [9.17, 15) is 9.90 Å². The Labute approximate surface area is 135 Å². The Bertz CT molecular complexity index is 657. The van der Waals surface area contributed by atoms with E-state index in [1.54, 1.807) is 6.20 Å². The highest BCUT2D eigenvalue weighted by Gasteiger charge is 2.18. The molecule has 1 aliphatic rings. The molecule has 124 valence electrons. The monoisotopic (exact) mass is 317 g/mol. The van der Waals surface area contributed by atoms with Crippen molar-refractivity contribution in [3.63, 3.8) is 0 Å². The number of nitrogens with zero attached hydrogens (tertiary/aromatic N) is 2. The lowest BCUT2D eigenvalue weighted by Gasteiger charge is -2.31. The first-order valence-electron chi connectivity index (χ1n) is 8.06. The van der Waals surface area contributed by atoms with Gasteiger partial charge in [-0.05, 0) is 43.5 Å². The number of piperidine rings is 1. The molecule has 0 aliphatic carbocycles. The molecule has 0 bridgehead atoms. The molecule has 23 heavy (non-hydrogen) atoms. The first-order chi connectivity index (χ1) is 11.2. The number of H-pyrrole nitrogens is 1. The summed E-state index contributed by atoms with van der Waals surface area (Å²) in [7, 11) is 0. The van der Waals surface area contributed by atoms with E-state index in [1.165, 1.54) is 0 Å². The molecule has 0 unspecified atom stereocenters. The summed E-state index contributed by atoms with van der Waals surface area (Å²) in [5.41, 5.74) is 1.69. The van der Waals surface area contributed by atoms with Crippen molar-refractivity contribution in [3.8, 4) is 0 Å². The predicted molar refractivity (Wildman–Crippen MR) is 89.4 cm³/mol. The van der Waals surface area contributed by atoms with E-state index < -0.39 is 0 Å². The molecular weight excluding hydrogens is 294 g/mol. The summed E-state index contributed by atoms with van der Waals surface area (Å²) in [5.74, 6) is 0.374. The first kappa shape index (κ1) is 15.8. The van der Waals surface area contributed by atoms with Crippen LogP contribution in [0.25, 0.3) is 10.9 Å². The highest BCUT2D eigenvalue weighted by atomic mass is 16.3. The van der Waals surface area contributed by atoms with Crippen LogP contribution in [0.1, 0.15) is 12.8 Å². The van der Waals surface area contributed by atoms with E-state index in [0.717, 1.165) is 49.1 Å². The number of aromatic nitrogens is 2. The number of hydrogen-bond donors (Lipinski definition) is 4. The number of hydrogen-bond acceptors (Lipinski definition) is 4. The van der Waals surface area contributed by atoms with Gasteiger partial charge in [0.25, 0.3) is 0 Å². The lowest BCUT2D eigenvalue weighted by Crippen LogP contribution is -2.42. The van der Waals surface area contributed by atoms with Gasteiger partial charge in [-0.1, -0.05) is 0 Å².